The van der Waals surface area contributed by atoms with Crippen LogP contribution >= 0.6 is 0 Å². The monoisotopic (exact) mass is 369 g/mol. The van der Waals surface area contributed by atoms with Crippen molar-refractivity contribution in [3.63, 3.8) is 0 Å². The molecule has 0 fully saturated rings. The van der Waals surface area contributed by atoms with Gasteiger partial charge in [-0.2, -0.15) is 4.31 Å². The molecule has 0 spiro atoms. The van der Waals surface area contributed by atoms with Crippen molar-refractivity contribution in [2.45, 2.75) is 18.7 Å². The van der Waals surface area contributed by atoms with Gasteiger partial charge in [-0.1, -0.05) is 59.4 Å². The second-order valence-electron chi connectivity index (χ2n) is 5.93. The molecule has 2 aromatic rings. The van der Waals surface area contributed by atoms with Crippen molar-refractivity contribution in [3.8, 4) is 11.8 Å². The standard InChI is InChI=1S/C21H23NO3S/c1-18-7-11-20(12-8-18)6-5-16-22(15-3-4-17-23)26(24,25)21-13-9-19(2)10-14-21/h3-4,7-14,23H,15-17H2,1-2H3/b4-3-. The van der Waals surface area contributed by atoms with Gasteiger partial charge in [-0.05, 0) is 38.1 Å². The summed E-state index contributed by atoms with van der Waals surface area (Å²) in [6.45, 7) is 4.00. The number of benzene rings is 2. The summed E-state index contributed by atoms with van der Waals surface area (Å²) in [5.41, 5.74) is 2.98. The van der Waals surface area contributed by atoms with Crippen LogP contribution in [-0.4, -0.2) is 37.5 Å². The topological polar surface area (TPSA) is 57.6 Å². The fourth-order valence-electron chi connectivity index (χ4n) is 2.24. The van der Waals surface area contributed by atoms with E-state index >= 15 is 0 Å². The van der Waals surface area contributed by atoms with Gasteiger partial charge in [0.1, 0.15) is 0 Å². The largest absolute Gasteiger partial charge is 0.392 e. The van der Waals surface area contributed by atoms with Crippen molar-refractivity contribution < 1.29 is 13.5 Å². The van der Waals surface area contributed by atoms with Crippen LogP contribution in [0, 0.1) is 25.7 Å². The molecule has 0 unspecified atom stereocenters. The Bertz CT molecular complexity index is 902. The second-order valence-corrected chi connectivity index (χ2v) is 7.87. The maximum absolute atomic E-state index is 12.9. The number of aryl methyl sites for hydroxylation is 2. The highest BCUT2D eigenvalue weighted by Gasteiger charge is 2.22. The minimum absolute atomic E-state index is 0.0693. The van der Waals surface area contributed by atoms with E-state index in [0.717, 1.165) is 16.7 Å². The summed E-state index contributed by atoms with van der Waals surface area (Å²) >= 11 is 0. The van der Waals surface area contributed by atoms with Crippen LogP contribution in [-0.2, 0) is 10.0 Å². The molecule has 1 N–H and O–H groups in total. The molecule has 0 aliphatic rings. The third kappa shape index (κ3) is 5.57. The van der Waals surface area contributed by atoms with Gasteiger partial charge < -0.3 is 5.11 Å². The zero-order valence-corrected chi connectivity index (χ0v) is 15.8. The van der Waals surface area contributed by atoms with E-state index in [4.69, 9.17) is 5.11 Å². The van der Waals surface area contributed by atoms with Crippen molar-refractivity contribution in [1.29, 1.82) is 0 Å². The quantitative estimate of drug-likeness (QED) is 0.629. The molecule has 0 radical (unpaired) electrons. The Kier molecular flexibility index (Phi) is 7.16. The summed E-state index contributed by atoms with van der Waals surface area (Å²) in [5, 5.41) is 8.89. The smallest absolute Gasteiger partial charge is 0.244 e. The second kappa shape index (κ2) is 9.35. The molecule has 4 nitrogen and oxygen atoms in total. The number of nitrogens with zero attached hydrogens (tertiary/aromatic N) is 1. The summed E-state index contributed by atoms with van der Waals surface area (Å²) < 4.78 is 27.1. The summed E-state index contributed by atoms with van der Waals surface area (Å²) in [7, 11) is -3.66. The Morgan fingerprint density at radius 1 is 0.962 bits per heavy atom. The van der Waals surface area contributed by atoms with Gasteiger partial charge in [0.15, 0.2) is 0 Å². The molecule has 0 saturated heterocycles. The van der Waals surface area contributed by atoms with Gasteiger partial charge >= 0.3 is 0 Å². The van der Waals surface area contributed by atoms with Gasteiger partial charge in [-0.15, -0.1) is 0 Å². The minimum Gasteiger partial charge on any atom is -0.392 e. The first-order valence-electron chi connectivity index (χ1n) is 8.31. The first kappa shape index (κ1) is 19.9. The molecular formula is C21H23NO3S. The van der Waals surface area contributed by atoms with Crippen LogP contribution in [0.2, 0.25) is 0 Å². The van der Waals surface area contributed by atoms with Gasteiger partial charge in [-0.3, -0.25) is 0 Å². The summed E-state index contributed by atoms with van der Waals surface area (Å²) in [6.07, 6.45) is 3.14. The van der Waals surface area contributed by atoms with Crippen LogP contribution in [0.1, 0.15) is 16.7 Å². The first-order chi connectivity index (χ1) is 12.4. The van der Waals surface area contributed by atoms with Crippen LogP contribution in [0.4, 0.5) is 0 Å². The highest BCUT2D eigenvalue weighted by Crippen LogP contribution is 2.16. The summed E-state index contributed by atoms with van der Waals surface area (Å²) in [4.78, 5) is 0.234. The van der Waals surface area contributed by atoms with E-state index in [1.807, 2.05) is 38.1 Å². The third-order valence-corrected chi connectivity index (χ3v) is 5.61. The van der Waals surface area contributed by atoms with E-state index in [1.165, 1.54) is 10.4 Å². The molecule has 0 heterocycles. The number of rotatable bonds is 6. The van der Waals surface area contributed by atoms with E-state index in [9.17, 15) is 8.42 Å². The average Bonchev–Trinajstić information content (AvgIpc) is 2.62. The Morgan fingerprint density at radius 2 is 1.54 bits per heavy atom. The van der Waals surface area contributed by atoms with Crippen molar-refractivity contribution in [1.82, 2.24) is 4.31 Å². The highest BCUT2D eigenvalue weighted by atomic mass is 32.2. The summed E-state index contributed by atoms with van der Waals surface area (Å²) in [5.74, 6) is 5.93. The molecule has 2 rings (SSSR count). The Morgan fingerprint density at radius 3 is 2.12 bits per heavy atom. The van der Waals surface area contributed by atoms with E-state index < -0.39 is 10.0 Å². The van der Waals surface area contributed by atoms with E-state index in [-0.39, 0.29) is 24.6 Å². The third-order valence-electron chi connectivity index (χ3n) is 3.78. The van der Waals surface area contributed by atoms with Crippen LogP contribution < -0.4 is 0 Å². The number of hydrogen-bond donors (Lipinski definition) is 1. The maximum atomic E-state index is 12.9. The van der Waals surface area contributed by atoms with E-state index in [1.54, 1.807) is 30.3 Å². The predicted octanol–water partition coefficient (Wildman–Crippen LogP) is 2.89. The van der Waals surface area contributed by atoms with E-state index in [2.05, 4.69) is 11.8 Å². The van der Waals surface area contributed by atoms with Gasteiger partial charge in [-0.25, -0.2) is 8.42 Å². The Balaban J connectivity index is 2.24. The number of hydrogen-bond acceptors (Lipinski definition) is 3. The van der Waals surface area contributed by atoms with Crippen LogP contribution in [0.25, 0.3) is 0 Å². The SMILES string of the molecule is Cc1ccc(C#CCN(C/C=C\CO)S(=O)(=O)c2ccc(C)cc2)cc1. The number of aliphatic hydroxyl groups excluding tert-OH is 1. The predicted molar refractivity (Wildman–Crippen MR) is 104 cm³/mol. The molecule has 0 aliphatic heterocycles. The Labute approximate surface area is 155 Å². The lowest BCUT2D eigenvalue weighted by molar-refractivity contribution is 0.342. The lowest BCUT2D eigenvalue weighted by atomic mass is 10.2. The number of sulfonamides is 1. The van der Waals surface area contributed by atoms with Crippen molar-refractivity contribution in [2.75, 3.05) is 19.7 Å². The van der Waals surface area contributed by atoms with Crippen LogP contribution in [0.3, 0.4) is 0 Å². The van der Waals surface area contributed by atoms with Gasteiger partial charge in [0.2, 0.25) is 10.0 Å². The van der Waals surface area contributed by atoms with E-state index in [0.29, 0.717) is 0 Å². The van der Waals surface area contributed by atoms with Gasteiger partial charge in [0, 0.05) is 12.1 Å². The summed E-state index contributed by atoms with van der Waals surface area (Å²) in [6, 6.07) is 14.5. The molecule has 0 amide bonds. The van der Waals surface area contributed by atoms with Crippen LogP contribution in [0.5, 0.6) is 0 Å². The zero-order chi connectivity index (χ0) is 19.0. The molecule has 26 heavy (non-hydrogen) atoms. The van der Waals surface area contributed by atoms with Crippen LogP contribution in [0.15, 0.2) is 65.6 Å². The molecule has 0 atom stereocenters. The molecule has 136 valence electrons. The molecule has 5 heteroatoms. The molecule has 0 bridgehead atoms. The van der Waals surface area contributed by atoms with Crippen molar-refractivity contribution >= 4 is 10.0 Å². The van der Waals surface area contributed by atoms with Crippen molar-refractivity contribution in [2.24, 2.45) is 0 Å². The molecule has 0 aromatic heterocycles. The maximum Gasteiger partial charge on any atom is 0.244 e. The van der Waals surface area contributed by atoms with Crippen molar-refractivity contribution in [3.05, 3.63) is 77.4 Å². The lowest BCUT2D eigenvalue weighted by Crippen LogP contribution is -2.31. The fraction of sp³-hybridized carbons (Fsp3) is 0.238. The fourth-order valence-corrected chi connectivity index (χ4v) is 3.54. The molecule has 2 aromatic carbocycles. The molecule has 0 saturated carbocycles. The normalized spacial score (nSPS) is 11.5. The van der Waals surface area contributed by atoms with Gasteiger partial charge in [0.25, 0.3) is 0 Å². The minimum atomic E-state index is -3.66. The van der Waals surface area contributed by atoms with Gasteiger partial charge in [0.05, 0.1) is 18.0 Å². The number of aliphatic hydroxyl groups is 1. The molecular weight excluding hydrogens is 346 g/mol. The molecule has 0 aliphatic carbocycles. The zero-order valence-electron chi connectivity index (χ0n) is 15.0. The lowest BCUT2D eigenvalue weighted by Gasteiger charge is -2.18. The first-order valence-corrected chi connectivity index (χ1v) is 9.75. The highest BCUT2D eigenvalue weighted by molar-refractivity contribution is 7.89. The Hall–Kier alpha value is -2.39. The average molecular weight is 369 g/mol.